The molecular weight excluding hydrogens is 456 g/mol. The molecular formula is C20H40O10Si2. The van der Waals surface area contributed by atoms with Gasteiger partial charge >= 0.3 is 29.5 Å². The van der Waals surface area contributed by atoms with Crippen LogP contribution in [-0.2, 0) is 45.6 Å². The third-order valence-corrected chi connectivity index (χ3v) is 9.91. The average Bonchev–Trinajstić information content (AvgIpc) is 2.80. The lowest BCUT2D eigenvalue weighted by molar-refractivity contribution is -0.139. The molecule has 188 valence electrons. The minimum Gasteiger partial charge on any atom is -0.463 e. The predicted molar refractivity (Wildman–Crippen MR) is 124 cm³/mol. The molecule has 0 heterocycles. The molecule has 0 bridgehead atoms. The molecule has 0 aromatic heterocycles. The van der Waals surface area contributed by atoms with Gasteiger partial charge in [0.15, 0.2) is 0 Å². The second kappa shape index (κ2) is 19.1. The van der Waals surface area contributed by atoms with E-state index in [0.29, 0.717) is 43.7 Å². The maximum absolute atomic E-state index is 11.1. The first-order valence-corrected chi connectivity index (χ1v) is 13.9. The van der Waals surface area contributed by atoms with Gasteiger partial charge in [-0.2, -0.15) is 0 Å². The molecule has 0 saturated heterocycles. The van der Waals surface area contributed by atoms with E-state index in [9.17, 15) is 9.59 Å². The van der Waals surface area contributed by atoms with E-state index < -0.39 is 17.6 Å². The van der Waals surface area contributed by atoms with E-state index in [2.05, 4.69) is 6.58 Å². The van der Waals surface area contributed by atoms with E-state index in [1.165, 1.54) is 6.08 Å². The number of carbonyl (C=O) groups excluding carboxylic acids is 2. The SMILES string of the molecule is C=C(C)C(=O)OCCC[Si](OC)(OC)OC.CC=CC(=O)OCCC[Si](OC)(OC)OC. The normalized spacial score (nSPS) is 11.6. The highest BCUT2D eigenvalue weighted by Crippen LogP contribution is 2.15. The molecule has 0 N–H and O–H groups in total. The summed E-state index contributed by atoms with van der Waals surface area (Å²) in [6.07, 6.45) is 4.32. The molecule has 0 aliphatic rings. The molecule has 0 aliphatic heterocycles. The minimum absolute atomic E-state index is 0.316. The lowest BCUT2D eigenvalue weighted by Gasteiger charge is -2.24. The summed E-state index contributed by atoms with van der Waals surface area (Å²) in [7, 11) is 4.30. The fourth-order valence-corrected chi connectivity index (χ4v) is 5.71. The lowest BCUT2D eigenvalue weighted by atomic mass is 10.4. The quantitative estimate of drug-likeness (QED) is 0.137. The zero-order valence-electron chi connectivity index (χ0n) is 20.7. The summed E-state index contributed by atoms with van der Waals surface area (Å²) >= 11 is 0. The molecule has 32 heavy (non-hydrogen) atoms. The van der Waals surface area contributed by atoms with Crippen LogP contribution in [0.25, 0.3) is 0 Å². The zero-order chi connectivity index (χ0) is 25.0. The van der Waals surface area contributed by atoms with Crippen molar-refractivity contribution in [3.05, 3.63) is 24.3 Å². The Morgan fingerprint density at radius 2 is 1.12 bits per heavy atom. The van der Waals surface area contributed by atoms with Crippen molar-refractivity contribution in [1.29, 1.82) is 0 Å². The first kappa shape index (κ1) is 32.8. The van der Waals surface area contributed by atoms with E-state index in [4.69, 9.17) is 36.0 Å². The molecule has 0 aromatic carbocycles. The molecule has 10 nitrogen and oxygen atoms in total. The monoisotopic (exact) mass is 496 g/mol. The van der Waals surface area contributed by atoms with Gasteiger partial charge in [-0.15, -0.1) is 0 Å². The summed E-state index contributed by atoms with van der Waals surface area (Å²) in [6, 6.07) is 1.24. The summed E-state index contributed by atoms with van der Waals surface area (Å²) in [5.74, 6) is -0.707. The van der Waals surface area contributed by atoms with E-state index in [1.807, 2.05) is 0 Å². The summed E-state index contributed by atoms with van der Waals surface area (Å²) < 4.78 is 41.3. The number of allylic oxidation sites excluding steroid dienone is 1. The number of esters is 2. The molecule has 0 atom stereocenters. The average molecular weight is 497 g/mol. The molecule has 0 fully saturated rings. The van der Waals surface area contributed by atoms with Crippen LogP contribution in [0, 0.1) is 0 Å². The second-order valence-corrected chi connectivity index (χ2v) is 12.6. The van der Waals surface area contributed by atoms with Crippen LogP contribution in [0.2, 0.25) is 12.1 Å². The van der Waals surface area contributed by atoms with Crippen LogP contribution < -0.4 is 0 Å². The van der Waals surface area contributed by atoms with Crippen molar-refractivity contribution in [2.75, 3.05) is 55.9 Å². The third-order valence-electron chi connectivity index (χ3n) is 4.25. The number of hydrogen-bond donors (Lipinski definition) is 0. The zero-order valence-corrected chi connectivity index (χ0v) is 22.7. The highest BCUT2D eigenvalue weighted by Gasteiger charge is 2.37. The molecule has 0 rings (SSSR count). The van der Waals surface area contributed by atoms with Crippen molar-refractivity contribution in [2.45, 2.75) is 38.8 Å². The minimum atomic E-state index is -2.53. The van der Waals surface area contributed by atoms with Crippen molar-refractivity contribution in [2.24, 2.45) is 0 Å². The highest BCUT2D eigenvalue weighted by atomic mass is 28.4. The van der Waals surface area contributed by atoms with E-state index in [1.54, 1.807) is 62.6 Å². The second-order valence-electron chi connectivity index (χ2n) is 6.38. The maximum atomic E-state index is 11.1. The van der Waals surface area contributed by atoms with Crippen LogP contribution in [-0.4, -0.2) is 85.4 Å². The van der Waals surface area contributed by atoms with Crippen molar-refractivity contribution < 1.29 is 45.6 Å². The van der Waals surface area contributed by atoms with Crippen LogP contribution in [0.1, 0.15) is 26.7 Å². The van der Waals surface area contributed by atoms with E-state index >= 15 is 0 Å². The Bertz CT molecular complexity index is 544. The third kappa shape index (κ3) is 13.9. The number of hydrogen-bond acceptors (Lipinski definition) is 10. The predicted octanol–water partition coefficient (Wildman–Crippen LogP) is 2.75. The van der Waals surface area contributed by atoms with Crippen LogP contribution in [0.4, 0.5) is 0 Å². The Hall–Kier alpha value is -1.39. The van der Waals surface area contributed by atoms with Crippen molar-refractivity contribution in [1.82, 2.24) is 0 Å². The van der Waals surface area contributed by atoms with E-state index in [0.717, 1.165) is 0 Å². The van der Waals surface area contributed by atoms with Gasteiger partial charge in [0, 0.05) is 66.4 Å². The first-order chi connectivity index (χ1) is 15.1. The molecule has 0 unspecified atom stereocenters. The van der Waals surface area contributed by atoms with E-state index in [-0.39, 0.29) is 11.9 Å². The Kier molecular flexibility index (Phi) is 19.6. The van der Waals surface area contributed by atoms with Crippen molar-refractivity contribution in [3.8, 4) is 0 Å². The van der Waals surface area contributed by atoms with Gasteiger partial charge in [-0.1, -0.05) is 12.7 Å². The summed E-state index contributed by atoms with van der Waals surface area (Å²) in [5, 5.41) is 0. The van der Waals surface area contributed by atoms with Crippen LogP contribution in [0.15, 0.2) is 24.3 Å². The van der Waals surface area contributed by atoms with Crippen LogP contribution >= 0.6 is 0 Å². The largest absolute Gasteiger partial charge is 0.500 e. The van der Waals surface area contributed by atoms with Crippen LogP contribution in [0.3, 0.4) is 0 Å². The maximum Gasteiger partial charge on any atom is 0.500 e. The Morgan fingerprint density at radius 3 is 1.44 bits per heavy atom. The highest BCUT2D eigenvalue weighted by molar-refractivity contribution is 6.60. The van der Waals surface area contributed by atoms with Gasteiger partial charge in [-0.05, 0) is 26.7 Å². The fourth-order valence-electron chi connectivity index (χ4n) is 2.33. The van der Waals surface area contributed by atoms with Gasteiger partial charge in [0.25, 0.3) is 0 Å². The molecule has 12 heteroatoms. The van der Waals surface area contributed by atoms with Crippen molar-refractivity contribution in [3.63, 3.8) is 0 Å². The molecule has 0 aliphatic carbocycles. The van der Waals surface area contributed by atoms with Gasteiger partial charge in [-0.3, -0.25) is 0 Å². The fraction of sp³-hybridized carbons (Fsp3) is 0.700. The molecule has 0 spiro atoms. The molecule has 0 radical (unpaired) electrons. The smallest absolute Gasteiger partial charge is 0.463 e. The van der Waals surface area contributed by atoms with Crippen LogP contribution in [0.5, 0.6) is 0 Å². The Labute approximate surface area is 194 Å². The summed E-state index contributed by atoms with van der Waals surface area (Å²) in [4.78, 5) is 22.1. The number of carbonyl (C=O) groups is 2. The molecule has 0 saturated carbocycles. The summed E-state index contributed by atoms with van der Waals surface area (Å²) in [5.41, 5.74) is 0.397. The number of rotatable bonds is 16. The molecule has 0 aromatic rings. The van der Waals surface area contributed by atoms with Crippen molar-refractivity contribution >= 4 is 29.5 Å². The Morgan fingerprint density at radius 1 is 0.750 bits per heavy atom. The standard InChI is InChI=1S/2C10H20O5Si/c1-9(2)10(11)15-7-6-8-16(12-3,13-4)14-5;1-5-7-10(11)15-8-6-9-16(12-2,13-3)14-4/h1,6-8H2,2-5H3;5,7H,6,8-9H2,1-4H3. The topological polar surface area (TPSA) is 108 Å². The van der Waals surface area contributed by atoms with Gasteiger partial charge in [0.1, 0.15) is 0 Å². The lowest BCUT2D eigenvalue weighted by Crippen LogP contribution is -2.42. The summed E-state index contributed by atoms with van der Waals surface area (Å²) in [6.45, 7) is 7.52. The number of ether oxygens (including phenoxy) is 2. The van der Waals surface area contributed by atoms with Gasteiger partial charge in [0.2, 0.25) is 0 Å². The van der Waals surface area contributed by atoms with Gasteiger partial charge < -0.3 is 36.0 Å². The first-order valence-electron chi connectivity index (χ1n) is 10.1. The molecule has 0 amide bonds. The van der Waals surface area contributed by atoms with Gasteiger partial charge in [-0.25, -0.2) is 9.59 Å². The van der Waals surface area contributed by atoms with Gasteiger partial charge in [0.05, 0.1) is 13.2 Å². The Balaban J connectivity index is 0.